The zero-order valence-electron chi connectivity index (χ0n) is 8.24. The number of hydrogen-bond acceptors (Lipinski definition) is 3. The first kappa shape index (κ1) is 11.9. The third-order valence-electron chi connectivity index (χ3n) is 1.66. The maximum absolute atomic E-state index is 10.8. The number of nitrogens with one attached hydrogen (secondary N) is 2. The summed E-state index contributed by atoms with van der Waals surface area (Å²) >= 11 is 6.33. The Labute approximate surface area is 97.3 Å². The topological polar surface area (TPSA) is 61.4 Å². The van der Waals surface area contributed by atoms with Crippen molar-refractivity contribution in [3.8, 4) is 0 Å². The number of carboxylic acids is 1. The number of hydrogen-bond donors (Lipinski definition) is 3. The first-order valence-corrected chi connectivity index (χ1v) is 5.79. The Balaban J connectivity index is 2.60. The fourth-order valence-electron chi connectivity index (χ4n) is 0.960. The van der Waals surface area contributed by atoms with Crippen LogP contribution in [0.25, 0.3) is 0 Å². The van der Waals surface area contributed by atoms with E-state index in [-0.39, 0.29) is 5.56 Å². The predicted molar refractivity (Wildman–Crippen MR) is 65.8 cm³/mol. The predicted octanol–water partition coefficient (Wildman–Crippen LogP) is 2.14. The number of rotatable bonds is 4. The molecular weight excluding hydrogens is 232 g/mol. The molecule has 0 spiro atoms. The Hall–Kier alpha value is -1.14. The van der Waals surface area contributed by atoms with E-state index in [0.29, 0.717) is 10.1 Å². The number of carbonyl (C=O) groups is 1. The van der Waals surface area contributed by atoms with Gasteiger partial charge in [-0.05, 0) is 30.1 Å². The molecule has 0 fully saturated rings. The van der Waals surface area contributed by atoms with Gasteiger partial charge >= 0.3 is 5.97 Å². The molecule has 1 rings (SSSR count). The van der Waals surface area contributed by atoms with E-state index in [2.05, 4.69) is 10.6 Å². The van der Waals surface area contributed by atoms with E-state index in [1.54, 1.807) is 11.4 Å². The first-order valence-electron chi connectivity index (χ1n) is 4.50. The Kier molecular flexibility index (Phi) is 4.51. The molecule has 0 atom stereocenters. The highest BCUT2D eigenvalue weighted by atomic mass is 32.1. The van der Waals surface area contributed by atoms with Crippen LogP contribution in [0.4, 0.5) is 5.00 Å². The monoisotopic (exact) mass is 244 g/mol. The number of aromatic carboxylic acids is 1. The summed E-state index contributed by atoms with van der Waals surface area (Å²) < 4.78 is 0. The average molecular weight is 244 g/mol. The van der Waals surface area contributed by atoms with E-state index >= 15 is 0 Å². The molecule has 0 saturated heterocycles. The fourth-order valence-corrected chi connectivity index (χ4v) is 2.01. The second-order valence-electron chi connectivity index (χ2n) is 2.85. The molecule has 0 bridgehead atoms. The zero-order valence-corrected chi connectivity index (χ0v) is 9.87. The van der Waals surface area contributed by atoms with E-state index in [0.717, 1.165) is 13.0 Å². The Morgan fingerprint density at radius 1 is 1.67 bits per heavy atom. The number of thiocarbonyl (C=S) groups is 1. The fraction of sp³-hybridized carbons (Fsp3) is 0.333. The van der Waals surface area contributed by atoms with Crippen LogP contribution in [0.1, 0.15) is 23.7 Å². The van der Waals surface area contributed by atoms with E-state index in [1.807, 2.05) is 6.92 Å². The molecule has 3 N–H and O–H groups in total. The van der Waals surface area contributed by atoms with Gasteiger partial charge in [0.15, 0.2) is 5.11 Å². The molecule has 0 saturated carbocycles. The molecule has 1 aromatic heterocycles. The molecule has 1 aromatic rings. The normalized spacial score (nSPS) is 9.67. The summed E-state index contributed by atoms with van der Waals surface area (Å²) in [5, 5.41) is 17.4. The Bertz CT molecular complexity index is 363. The van der Waals surface area contributed by atoms with Gasteiger partial charge in [0.25, 0.3) is 0 Å². The van der Waals surface area contributed by atoms with Crippen LogP contribution in [-0.2, 0) is 0 Å². The number of anilines is 1. The first-order chi connectivity index (χ1) is 7.15. The van der Waals surface area contributed by atoms with Gasteiger partial charge in [-0.15, -0.1) is 11.3 Å². The molecule has 0 aliphatic heterocycles. The maximum Gasteiger partial charge on any atom is 0.338 e. The van der Waals surface area contributed by atoms with Gasteiger partial charge in [-0.25, -0.2) is 4.79 Å². The maximum atomic E-state index is 10.8. The van der Waals surface area contributed by atoms with Gasteiger partial charge in [-0.1, -0.05) is 6.92 Å². The van der Waals surface area contributed by atoms with Crippen LogP contribution in [0, 0.1) is 0 Å². The Morgan fingerprint density at radius 3 is 3.00 bits per heavy atom. The van der Waals surface area contributed by atoms with Crippen molar-refractivity contribution in [3.05, 3.63) is 17.0 Å². The molecule has 4 nitrogen and oxygen atoms in total. The summed E-state index contributed by atoms with van der Waals surface area (Å²) in [6, 6.07) is 1.55. The largest absolute Gasteiger partial charge is 0.478 e. The highest BCUT2D eigenvalue weighted by Gasteiger charge is 2.11. The minimum absolute atomic E-state index is 0.251. The van der Waals surface area contributed by atoms with E-state index in [1.165, 1.54) is 11.3 Å². The van der Waals surface area contributed by atoms with Gasteiger partial charge < -0.3 is 15.7 Å². The zero-order chi connectivity index (χ0) is 11.3. The van der Waals surface area contributed by atoms with Crippen molar-refractivity contribution in [2.24, 2.45) is 0 Å². The lowest BCUT2D eigenvalue weighted by atomic mass is 10.3. The van der Waals surface area contributed by atoms with Gasteiger partial charge in [0, 0.05) is 6.54 Å². The summed E-state index contributed by atoms with van der Waals surface area (Å²) in [4.78, 5) is 10.8. The summed E-state index contributed by atoms with van der Waals surface area (Å²) in [7, 11) is 0. The van der Waals surface area contributed by atoms with Gasteiger partial charge in [0.2, 0.25) is 0 Å². The summed E-state index contributed by atoms with van der Waals surface area (Å²) in [6.07, 6.45) is 0.970. The minimum Gasteiger partial charge on any atom is -0.478 e. The van der Waals surface area contributed by atoms with Gasteiger partial charge in [-0.2, -0.15) is 0 Å². The van der Waals surface area contributed by atoms with Crippen molar-refractivity contribution < 1.29 is 9.90 Å². The lowest BCUT2D eigenvalue weighted by Crippen LogP contribution is -2.29. The van der Waals surface area contributed by atoms with Crippen molar-refractivity contribution in [2.75, 3.05) is 11.9 Å². The number of thiophene rings is 1. The molecule has 0 aliphatic carbocycles. The van der Waals surface area contributed by atoms with E-state index in [9.17, 15) is 4.79 Å². The molecule has 15 heavy (non-hydrogen) atoms. The van der Waals surface area contributed by atoms with Gasteiger partial charge in [0.05, 0.1) is 5.56 Å². The van der Waals surface area contributed by atoms with Crippen LogP contribution in [0.5, 0.6) is 0 Å². The minimum atomic E-state index is -0.947. The molecular formula is C9H12N2O2S2. The van der Waals surface area contributed by atoms with Crippen molar-refractivity contribution in [3.63, 3.8) is 0 Å². The second-order valence-corrected chi connectivity index (χ2v) is 4.17. The molecule has 0 radical (unpaired) electrons. The quantitative estimate of drug-likeness (QED) is 0.708. The van der Waals surface area contributed by atoms with Crippen molar-refractivity contribution in [1.82, 2.24) is 5.32 Å². The van der Waals surface area contributed by atoms with Crippen LogP contribution in [0.2, 0.25) is 0 Å². The summed E-state index contributed by atoms with van der Waals surface area (Å²) in [5.74, 6) is -0.947. The molecule has 82 valence electrons. The molecule has 0 unspecified atom stereocenters. The van der Waals surface area contributed by atoms with Gasteiger partial charge in [-0.3, -0.25) is 0 Å². The van der Waals surface area contributed by atoms with Crippen LogP contribution in [0.15, 0.2) is 11.4 Å². The standard InChI is InChI=1S/C9H12N2O2S2/c1-2-4-10-9(14)11-7-6(8(12)13)3-5-15-7/h3,5H,2,4H2,1H3,(H,12,13)(H2,10,11,14). The van der Waals surface area contributed by atoms with Crippen LogP contribution in [-0.4, -0.2) is 22.7 Å². The molecule has 6 heteroatoms. The highest BCUT2D eigenvalue weighted by molar-refractivity contribution is 7.80. The summed E-state index contributed by atoms with van der Waals surface area (Å²) in [5.41, 5.74) is 0.251. The average Bonchev–Trinajstić information content (AvgIpc) is 2.62. The molecule has 0 aromatic carbocycles. The smallest absolute Gasteiger partial charge is 0.338 e. The third-order valence-corrected chi connectivity index (χ3v) is 2.73. The molecule has 0 amide bonds. The van der Waals surface area contributed by atoms with Crippen molar-refractivity contribution in [2.45, 2.75) is 13.3 Å². The van der Waals surface area contributed by atoms with Crippen molar-refractivity contribution in [1.29, 1.82) is 0 Å². The van der Waals surface area contributed by atoms with Crippen molar-refractivity contribution >= 4 is 39.6 Å². The molecule has 0 aliphatic rings. The van der Waals surface area contributed by atoms with Gasteiger partial charge in [0.1, 0.15) is 5.00 Å². The lowest BCUT2D eigenvalue weighted by Gasteiger charge is -2.08. The van der Waals surface area contributed by atoms with E-state index < -0.39 is 5.97 Å². The second kappa shape index (κ2) is 5.67. The van der Waals surface area contributed by atoms with Crippen LogP contribution >= 0.6 is 23.6 Å². The van der Waals surface area contributed by atoms with Crippen LogP contribution in [0.3, 0.4) is 0 Å². The lowest BCUT2D eigenvalue weighted by molar-refractivity contribution is 0.0698. The van der Waals surface area contributed by atoms with Crippen LogP contribution < -0.4 is 10.6 Å². The SMILES string of the molecule is CCCNC(=S)Nc1sccc1C(=O)O. The summed E-state index contributed by atoms with van der Waals surface area (Å²) in [6.45, 7) is 2.81. The number of carboxylic acid groups (broad SMARTS) is 1. The third kappa shape index (κ3) is 3.49. The van der Waals surface area contributed by atoms with E-state index in [4.69, 9.17) is 17.3 Å². The Morgan fingerprint density at radius 2 is 2.40 bits per heavy atom. The molecule has 1 heterocycles. The highest BCUT2D eigenvalue weighted by Crippen LogP contribution is 2.22.